The van der Waals surface area contributed by atoms with E-state index in [4.69, 9.17) is 0 Å². The topological polar surface area (TPSA) is 0 Å². The number of hydrogen-bond acceptors (Lipinski definition) is 0. The van der Waals surface area contributed by atoms with E-state index in [1.807, 2.05) is 0 Å². The molecule has 0 saturated carbocycles. The van der Waals surface area contributed by atoms with Gasteiger partial charge in [-0.15, -0.1) is 0 Å². The lowest BCUT2D eigenvalue weighted by molar-refractivity contribution is 0.594. The summed E-state index contributed by atoms with van der Waals surface area (Å²) in [5, 5.41) is 0. The van der Waals surface area contributed by atoms with Gasteiger partial charge in [-0.2, -0.15) is 0 Å². The van der Waals surface area contributed by atoms with Crippen molar-refractivity contribution in [2.24, 2.45) is 0 Å². The standard InChI is InChI=1S/3C16H32/c3*1-4-6-8-10-11-13-15-16(3)14-12-9-7-5-2/h15H,4-14H2,1-3H3;14H,4-13,15H2,1-3H3;3-15H2,1-2H3/b16-15-;16-14-;. The van der Waals surface area contributed by atoms with Crippen LogP contribution in [0.1, 0.15) is 274 Å². The van der Waals surface area contributed by atoms with Gasteiger partial charge < -0.3 is 0 Å². The van der Waals surface area contributed by atoms with Crippen molar-refractivity contribution in [1.82, 2.24) is 0 Å². The van der Waals surface area contributed by atoms with Crippen molar-refractivity contribution < 1.29 is 0 Å². The third kappa shape index (κ3) is 52.0. The maximum Gasteiger partial charge on any atom is -0.0323 e. The highest BCUT2D eigenvalue weighted by Crippen LogP contribution is 2.17. The average Bonchev–Trinajstić information content (AvgIpc) is 3.09. The Morgan fingerprint density at radius 1 is 0.312 bits per heavy atom. The highest BCUT2D eigenvalue weighted by molar-refractivity contribution is 4.98. The minimum absolute atomic E-state index is 1.27. The van der Waals surface area contributed by atoms with E-state index in [0.717, 1.165) is 0 Å². The van der Waals surface area contributed by atoms with Crippen molar-refractivity contribution >= 4 is 0 Å². The van der Waals surface area contributed by atoms with Crippen LogP contribution in [0.25, 0.3) is 0 Å². The third-order valence-electron chi connectivity index (χ3n) is 9.72. The molecule has 0 N–H and O–H groups in total. The summed E-state index contributed by atoms with van der Waals surface area (Å²) in [5.41, 5.74) is 4.73. The van der Waals surface area contributed by atoms with E-state index in [1.54, 1.807) is 11.1 Å². The molecule has 0 spiro atoms. The van der Waals surface area contributed by atoms with Crippen molar-refractivity contribution in [2.45, 2.75) is 274 Å². The number of hydrogen-bond donors (Lipinski definition) is 0. The molecule has 0 rings (SSSR count). The Bertz CT molecular complexity index is 634. The summed E-state index contributed by atoms with van der Waals surface area (Å²) in [5.74, 6) is 0. The lowest BCUT2D eigenvalue weighted by Gasteiger charge is -2.05. The normalized spacial score (nSPS) is 11.6. The molecule has 0 aliphatic heterocycles. The van der Waals surface area contributed by atoms with Gasteiger partial charge >= 0.3 is 0 Å². The van der Waals surface area contributed by atoms with Gasteiger partial charge in [0.1, 0.15) is 0 Å². The van der Waals surface area contributed by atoms with Crippen LogP contribution in [-0.4, -0.2) is 0 Å². The average molecular weight is 673 g/mol. The fourth-order valence-corrected chi connectivity index (χ4v) is 6.14. The lowest BCUT2D eigenvalue weighted by atomic mass is 10.0. The van der Waals surface area contributed by atoms with Gasteiger partial charge in [0, 0.05) is 0 Å². The van der Waals surface area contributed by atoms with Gasteiger partial charge in [0.15, 0.2) is 0 Å². The third-order valence-corrected chi connectivity index (χ3v) is 9.72. The number of allylic oxidation sites excluding steroid dienone is 5. The molecule has 0 radical (unpaired) electrons. The second-order valence-corrected chi connectivity index (χ2v) is 15.2. The van der Waals surface area contributed by atoms with Crippen LogP contribution in [0.2, 0.25) is 0 Å². The van der Waals surface area contributed by atoms with E-state index in [0.29, 0.717) is 0 Å². The maximum atomic E-state index is 4.19. The molecule has 0 aliphatic rings. The second-order valence-electron chi connectivity index (χ2n) is 15.2. The van der Waals surface area contributed by atoms with Crippen LogP contribution in [0.15, 0.2) is 35.5 Å². The Morgan fingerprint density at radius 3 is 0.896 bits per heavy atom. The highest BCUT2D eigenvalue weighted by atomic mass is 14.0. The molecule has 0 amide bonds. The Hall–Kier alpha value is -0.780. The minimum atomic E-state index is 1.27. The van der Waals surface area contributed by atoms with E-state index >= 15 is 0 Å². The molecule has 0 heterocycles. The van der Waals surface area contributed by atoms with Crippen LogP contribution in [0.3, 0.4) is 0 Å². The first-order chi connectivity index (χ1) is 23.4. The monoisotopic (exact) mass is 673 g/mol. The van der Waals surface area contributed by atoms with Gasteiger partial charge in [0.2, 0.25) is 0 Å². The summed E-state index contributed by atoms with van der Waals surface area (Å²) in [7, 11) is 0. The second kappa shape index (κ2) is 48.3. The van der Waals surface area contributed by atoms with Crippen molar-refractivity contribution in [1.29, 1.82) is 0 Å². The van der Waals surface area contributed by atoms with E-state index in [-0.39, 0.29) is 0 Å². The van der Waals surface area contributed by atoms with Crippen molar-refractivity contribution in [3.05, 3.63) is 35.5 Å². The van der Waals surface area contributed by atoms with Gasteiger partial charge in [-0.25, -0.2) is 0 Å². The fraction of sp³-hybridized carbons (Fsp3) is 0.875. The van der Waals surface area contributed by atoms with Crippen LogP contribution in [0.5, 0.6) is 0 Å². The van der Waals surface area contributed by atoms with E-state index < -0.39 is 0 Å². The minimum Gasteiger partial charge on any atom is -0.0999 e. The molecule has 48 heavy (non-hydrogen) atoms. The van der Waals surface area contributed by atoms with Crippen LogP contribution >= 0.6 is 0 Å². The predicted molar refractivity (Wildman–Crippen MR) is 228 cm³/mol. The van der Waals surface area contributed by atoms with E-state index in [1.165, 1.54) is 224 Å². The van der Waals surface area contributed by atoms with Crippen LogP contribution in [0, 0.1) is 0 Å². The van der Waals surface area contributed by atoms with Gasteiger partial charge in [0.25, 0.3) is 0 Å². The first-order valence-corrected chi connectivity index (χ1v) is 22.4. The summed E-state index contributed by atoms with van der Waals surface area (Å²) >= 11 is 0. The Kier molecular flexibility index (Phi) is 51.9. The van der Waals surface area contributed by atoms with E-state index in [2.05, 4.69) is 74.1 Å². The van der Waals surface area contributed by atoms with Gasteiger partial charge in [0.05, 0.1) is 0 Å². The molecule has 0 aromatic carbocycles. The molecule has 0 aliphatic carbocycles. The van der Waals surface area contributed by atoms with E-state index in [9.17, 15) is 0 Å². The molecule has 0 fully saturated rings. The van der Waals surface area contributed by atoms with Crippen LogP contribution in [0.4, 0.5) is 0 Å². The Morgan fingerprint density at radius 2 is 0.542 bits per heavy atom. The zero-order valence-corrected chi connectivity index (χ0v) is 35.4. The quantitative estimate of drug-likeness (QED) is 0.0471. The molecular weight excluding hydrogens is 577 g/mol. The van der Waals surface area contributed by atoms with Crippen molar-refractivity contribution in [2.75, 3.05) is 0 Å². The molecule has 0 aromatic heterocycles. The molecule has 0 nitrogen and oxygen atoms in total. The predicted octanol–water partition coefficient (Wildman–Crippen LogP) is 18.8. The zero-order valence-electron chi connectivity index (χ0n) is 35.4. The molecule has 0 bridgehead atoms. The van der Waals surface area contributed by atoms with Crippen molar-refractivity contribution in [3.63, 3.8) is 0 Å². The number of rotatable bonds is 34. The lowest BCUT2D eigenvalue weighted by Crippen LogP contribution is -1.85. The summed E-state index contributed by atoms with van der Waals surface area (Å²) in [4.78, 5) is 0. The smallest absolute Gasteiger partial charge is 0.0323 e. The Balaban J connectivity index is -0.000000633. The van der Waals surface area contributed by atoms with Crippen LogP contribution in [-0.2, 0) is 0 Å². The molecular formula is C48H96. The largest absolute Gasteiger partial charge is 0.0999 e. The summed E-state index contributed by atoms with van der Waals surface area (Å²) in [6.07, 6.45) is 51.8. The molecule has 288 valence electrons. The van der Waals surface area contributed by atoms with Gasteiger partial charge in [-0.05, 0) is 90.9 Å². The first-order valence-electron chi connectivity index (χ1n) is 22.4. The van der Waals surface area contributed by atoms with Gasteiger partial charge in [-0.1, -0.05) is 218 Å². The molecule has 0 atom stereocenters. The fourth-order valence-electron chi connectivity index (χ4n) is 6.14. The summed E-state index contributed by atoms with van der Waals surface area (Å²) < 4.78 is 0. The summed E-state index contributed by atoms with van der Waals surface area (Å²) in [6, 6.07) is 0. The SMILES string of the molecule is C=C(CCCCCC)CCCCCCCC.CCCCC/C=C(/C)CCCCCCCC.CCCCCCC/C=C(/C)CCCCCC. The zero-order chi connectivity index (χ0) is 36.2. The molecule has 0 saturated heterocycles. The number of unbranched alkanes of at least 4 members (excludes halogenated alkanes) is 24. The molecule has 0 unspecified atom stereocenters. The first kappa shape index (κ1) is 51.6. The Labute approximate surface area is 308 Å². The van der Waals surface area contributed by atoms with Crippen LogP contribution < -0.4 is 0 Å². The highest BCUT2D eigenvalue weighted by Gasteiger charge is 1.97. The maximum absolute atomic E-state index is 4.19. The molecule has 0 heteroatoms. The van der Waals surface area contributed by atoms with Crippen molar-refractivity contribution in [3.8, 4) is 0 Å². The summed E-state index contributed by atoms with van der Waals surface area (Å²) in [6.45, 7) is 22.4. The van der Waals surface area contributed by atoms with Gasteiger partial charge in [-0.3, -0.25) is 0 Å². The molecule has 0 aromatic rings.